The van der Waals surface area contributed by atoms with E-state index in [9.17, 15) is 9.59 Å². The third-order valence-electron chi connectivity index (χ3n) is 6.35. The Balaban J connectivity index is 1.37. The zero-order chi connectivity index (χ0) is 27.0. The van der Waals surface area contributed by atoms with Crippen LogP contribution in [0.1, 0.15) is 36.6 Å². The van der Waals surface area contributed by atoms with E-state index >= 15 is 0 Å². The molecule has 9 nitrogen and oxygen atoms in total. The van der Waals surface area contributed by atoms with E-state index < -0.39 is 0 Å². The molecule has 0 unspecified atom stereocenters. The van der Waals surface area contributed by atoms with Crippen molar-refractivity contribution in [3.05, 3.63) is 99.1 Å². The number of amides is 1. The smallest absolute Gasteiger partial charge is 0.276 e. The van der Waals surface area contributed by atoms with Crippen LogP contribution in [-0.2, 0) is 17.9 Å². The van der Waals surface area contributed by atoms with Crippen LogP contribution in [0.2, 0.25) is 0 Å². The minimum absolute atomic E-state index is 0.0973. The molecule has 0 fully saturated rings. The summed E-state index contributed by atoms with van der Waals surface area (Å²) in [6.07, 6.45) is 3.88. The lowest BCUT2D eigenvalue weighted by atomic mass is 9.98. The number of tetrazole rings is 1. The molecule has 0 aliphatic carbocycles. The van der Waals surface area contributed by atoms with Crippen LogP contribution in [0.5, 0.6) is 0 Å². The van der Waals surface area contributed by atoms with Gasteiger partial charge in [-0.05, 0) is 45.8 Å². The molecule has 3 N–H and O–H groups in total. The summed E-state index contributed by atoms with van der Waals surface area (Å²) in [5.41, 5.74) is 4.58. The number of unbranched alkanes of at least 4 members (excludes halogenated alkanes) is 1. The molecular formula is C29H29N7O2S. The second kappa shape index (κ2) is 12.3. The van der Waals surface area contributed by atoms with Gasteiger partial charge in [-0.15, -0.1) is 21.5 Å². The van der Waals surface area contributed by atoms with Gasteiger partial charge >= 0.3 is 0 Å². The number of aromatic amines is 1. The van der Waals surface area contributed by atoms with Crippen molar-refractivity contribution in [2.24, 2.45) is 0 Å². The molecule has 0 saturated carbocycles. The lowest BCUT2D eigenvalue weighted by Gasteiger charge is -2.15. The molecule has 0 aliphatic heterocycles. The van der Waals surface area contributed by atoms with E-state index in [4.69, 9.17) is 0 Å². The van der Waals surface area contributed by atoms with Gasteiger partial charge in [-0.25, -0.2) is 0 Å². The largest absolute Gasteiger partial charge is 0.375 e. The number of nitrogens with one attached hydrogen (secondary N) is 3. The van der Waals surface area contributed by atoms with Gasteiger partial charge in [0.05, 0.1) is 12.2 Å². The highest BCUT2D eigenvalue weighted by molar-refractivity contribution is 7.09. The van der Waals surface area contributed by atoms with Crippen LogP contribution >= 0.6 is 11.3 Å². The predicted molar refractivity (Wildman–Crippen MR) is 155 cm³/mol. The van der Waals surface area contributed by atoms with Gasteiger partial charge in [0, 0.05) is 29.6 Å². The molecule has 39 heavy (non-hydrogen) atoms. The van der Waals surface area contributed by atoms with Gasteiger partial charge in [0.25, 0.3) is 5.56 Å². The highest BCUT2D eigenvalue weighted by Gasteiger charge is 2.14. The standard InChI is InChI=1S/C29H29N7O2S/c1-2-3-10-26(37)31-25-15-16-36(19-22-7-6-17-39-22)29(38)27(25)30-18-20-11-13-21(14-12-20)23-8-4-5-9-24(23)28-32-34-35-33-28/h4-9,11-17,30H,2-3,10,18-19H2,1H3,(H,31,37)(H,32,33,34,35). The lowest BCUT2D eigenvalue weighted by Crippen LogP contribution is -2.26. The number of nitrogens with zero attached hydrogens (tertiary/aromatic N) is 4. The van der Waals surface area contributed by atoms with Gasteiger partial charge in [-0.3, -0.25) is 9.59 Å². The van der Waals surface area contributed by atoms with Crippen LogP contribution in [-0.4, -0.2) is 31.1 Å². The zero-order valence-electron chi connectivity index (χ0n) is 21.6. The van der Waals surface area contributed by atoms with Crippen LogP contribution in [0, 0.1) is 0 Å². The normalized spacial score (nSPS) is 10.9. The monoisotopic (exact) mass is 539 g/mol. The van der Waals surface area contributed by atoms with Crippen LogP contribution in [0.25, 0.3) is 22.5 Å². The third-order valence-corrected chi connectivity index (χ3v) is 7.21. The number of aromatic nitrogens is 5. The SMILES string of the molecule is CCCCC(=O)Nc1ccn(Cc2cccs2)c(=O)c1NCc1ccc(-c2ccccc2-c2nn[nH]n2)cc1. The first-order valence-electron chi connectivity index (χ1n) is 12.8. The van der Waals surface area contributed by atoms with Crippen molar-refractivity contribution in [3.8, 4) is 22.5 Å². The number of anilines is 2. The number of H-pyrrole nitrogens is 1. The van der Waals surface area contributed by atoms with Crippen molar-refractivity contribution >= 4 is 28.6 Å². The number of pyridine rings is 1. The van der Waals surface area contributed by atoms with E-state index in [-0.39, 0.29) is 11.5 Å². The predicted octanol–water partition coefficient (Wildman–Crippen LogP) is 5.55. The Hall–Kier alpha value is -4.57. The van der Waals surface area contributed by atoms with Crippen LogP contribution in [0.3, 0.4) is 0 Å². The maximum Gasteiger partial charge on any atom is 0.276 e. The van der Waals surface area contributed by atoms with Crippen LogP contribution < -0.4 is 16.2 Å². The Morgan fingerprint density at radius 1 is 1.03 bits per heavy atom. The molecule has 2 aromatic carbocycles. The Morgan fingerprint density at radius 2 is 1.85 bits per heavy atom. The van der Waals surface area contributed by atoms with Crippen molar-refractivity contribution < 1.29 is 4.79 Å². The summed E-state index contributed by atoms with van der Waals surface area (Å²) < 4.78 is 1.66. The Labute approximate surface area is 229 Å². The van der Waals surface area contributed by atoms with Gasteiger partial charge in [-0.1, -0.05) is 67.9 Å². The van der Waals surface area contributed by atoms with Gasteiger partial charge in [0.15, 0.2) is 0 Å². The number of benzene rings is 2. The summed E-state index contributed by atoms with van der Waals surface area (Å²) >= 11 is 1.60. The topological polar surface area (TPSA) is 118 Å². The van der Waals surface area contributed by atoms with E-state index in [0.717, 1.165) is 40.0 Å². The second-order valence-electron chi connectivity index (χ2n) is 9.10. The fourth-order valence-corrected chi connectivity index (χ4v) is 5.00. The molecule has 0 aliphatic rings. The molecule has 0 bridgehead atoms. The van der Waals surface area contributed by atoms with Gasteiger partial charge in [0.1, 0.15) is 5.69 Å². The third kappa shape index (κ3) is 6.29. The highest BCUT2D eigenvalue weighted by Crippen LogP contribution is 2.30. The summed E-state index contributed by atoms with van der Waals surface area (Å²) in [5.74, 6) is 0.438. The Bertz CT molecular complexity index is 1580. The van der Waals surface area contributed by atoms with Crippen molar-refractivity contribution in [2.45, 2.75) is 39.3 Å². The molecular weight excluding hydrogens is 510 g/mol. The molecule has 0 atom stereocenters. The maximum atomic E-state index is 13.5. The Morgan fingerprint density at radius 3 is 2.56 bits per heavy atom. The molecule has 10 heteroatoms. The van der Waals surface area contributed by atoms with E-state index in [1.54, 1.807) is 28.2 Å². The van der Waals surface area contributed by atoms with E-state index in [0.29, 0.717) is 36.7 Å². The minimum atomic E-state index is -0.178. The summed E-state index contributed by atoms with van der Waals surface area (Å²) in [4.78, 5) is 27.0. The van der Waals surface area contributed by atoms with Crippen molar-refractivity contribution in [1.29, 1.82) is 0 Å². The number of rotatable bonds is 11. The van der Waals surface area contributed by atoms with Crippen LogP contribution in [0.15, 0.2) is 83.1 Å². The number of carbonyl (C=O) groups excluding carboxylic acids is 1. The second-order valence-corrected chi connectivity index (χ2v) is 10.1. The number of hydrogen-bond acceptors (Lipinski definition) is 7. The summed E-state index contributed by atoms with van der Waals surface area (Å²) in [6, 6.07) is 21.8. The number of carbonyl (C=O) groups is 1. The average molecular weight is 540 g/mol. The molecule has 1 amide bonds. The Kier molecular flexibility index (Phi) is 8.23. The van der Waals surface area contributed by atoms with Crippen molar-refractivity contribution in [1.82, 2.24) is 25.2 Å². The highest BCUT2D eigenvalue weighted by atomic mass is 32.1. The first-order valence-corrected chi connectivity index (χ1v) is 13.7. The van der Waals surface area contributed by atoms with Crippen molar-refractivity contribution in [2.75, 3.05) is 10.6 Å². The van der Waals surface area contributed by atoms with Crippen molar-refractivity contribution in [3.63, 3.8) is 0 Å². The van der Waals surface area contributed by atoms with Gasteiger partial charge in [0.2, 0.25) is 11.7 Å². The zero-order valence-corrected chi connectivity index (χ0v) is 22.4. The molecule has 5 rings (SSSR count). The molecule has 0 saturated heterocycles. The minimum Gasteiger partial charge on any atom is -0.375 e. The lowest BCUT2D eigenvalue weighted by molar-refractivity contribution is -0.116. The number of hydrogen-bond donors (Lipinski definition) is 3. The summed E-state index contributed by atoms with van der Waals surface area (Å²) in [7, 11) is 0. The quantitative estimate of drug-likeness (QED) is 0.203. The maximum absolute atomic E-state index is 13.5. The van der Waals surface area contributed by atoms with E-state index in [1.807, 2.05) is 73.0 Å². The summed E-state index contributed by atoms with van der Waals surface area (Å²) in [6.45, 7) is 2.94. The van der Waals surface area contributed by atoms with E-state index in [2.05, 4.69) is 31.3 Å². The number of thiophene rings is 1. The first-order chi connectivity index (χ1) is 19.1. The van der Waals surface area contributed by atoms with Crippen LogP contribution in [0.4, 0.5) is 11.4 Å². The van der Waals surface area contributed by atoms with Gasteiger partial charge < -0.3 is 15.2 Å². The van der Waals surface area contributed by atoms with Gasteiger partial charge in [-0.2, -0.15) is 5.21 Å². The first kappa shape index (κ1) is 26.1. The molecule has 3 aromatic heterocycles. The van der Waals surface area contributed by atoms with E-state index in [1.165, 1.54) is 0 Å². The summed E-state index contributed by atoms with van der Waals surface area (Å²) in [5, 5.41) is 22.6. The average Bonchev–Trinajstić information content (AvgIpc) is 3.69. The molecule has 0 radical (unpaired) electrons. The molecule has 198 valence electrons. The molecule has 3 heterocycles. The molecule has 0 spiro atoms. The fraction of sp³-hybridized carbons (Fsp3) is 0.207. The fourth-order valence-electron chi connectivity index (χ4n) is 4.29. The molecule has 5 aromatic rings.